The Morgan fingerprint density at radius 1 is 1.12 bits per heavy atom. The molecule has 1 saturated carbocycles. The maximum atomic E-state index is 6.49. The van der Waals surface area contributed by atoms with Gasteiger partial charge in [0.15, 0.2) is 0 Å². The van der Waals surface area contributed by atoms with Gasteiger partial charge < -0.3 is 10.1 Å². The van der Waals surface area contributed by atoms with Gasteiger partial charge in [0.1, 0.15) is 0 Å². The molecule has 0 amide bonds. The van der Waals surface area contributed by atoms with Gasteiger partial charge in [-0.15, -0.1) is 11.3 Å². The molecular formula is C21H28N2OS. The van der Waals surface area contributed by atoms with E-state index in [9.17, 15) is 0 Å². The molecule has 4 rings (SSSR count). The van der Waals surface area contributed by atoms with E-state index in [4.69, 9.17) is 9.72 Å². The van der Waals surface area contributed by atoms with Gasteiger partial charge in [-0.1, -0.05) is 31.4 Å². The monoisotopic (exact) mass is 356 g/mol. The Morgan fingerprint density at radius 2 is 2.04 bits per heavy atom. The number of rotatable bonds is 6. The van der Waals surface area contributed by atoms with Crippen molar-refractivity contribution in [1.29, 1.82) is 0 Å². The number of nitrogens with one attached hydrogen (secondary N) is 1. The zero-order valence-electron chi connectivity index (χ0n) is 14.9. The quantitative estimate of drug-likeness (QED) is 0.763. The molecule has 1 unspecified atom stereocenters. The van der Waals surface area contributed by atoms with Crippen molar-refractivity contribution < 1.29 is 4.74 Å². The van der Waals surface area contributed by atoms with Crippen LogP contribution in [0.25, 0.3) is 0 Å². The third kappa shape index (κ3) is 3.81. The molecule has 2 aromatic heterocycles. The van der Waals surface area contributed by atoms with Crippen molar-refractivity contribution >= 4 is 11.3 Å². The van der Waals surface area contributed by atoms with Crippen LogP contribution < -0.4 is 5.32 Å². The first-order valence-electron chi connectivity index (χ1n) is 9.59. The summed E-state index contributed by atoms with van der Waals surface area (Å²) >= 11 is 1.82. The maximum Gasteiger partial charge on any atom is 0.0693 e. The molecule has 2 aliphatic rings. The smallest absolute Gasteiger partial charge is 0.0693 e. The second kappa shape index (κ2) is 7.56. The second-order valence-corrected chi connectivity index (χ2v) is 8.74. The highest BCUT2D eigenvalue weighted by Gasteiger charge is 2.50. The summed E-state index contributed by atoms with van der Waals surface area (Å²) in [6, 6.07) is 10.6. The Labute approximate surface area is 154 Å². The van der Waals surface area contributed by atoms with Crippen LogP contribution in [0.2, 0.25) is 0 Å². The summed E-state index contributed by atoms with van der Waals surface area (Å²) in [5.74, 6) is 0. The number of ether oxygens (including phenoxy) is 1. The van der Waals surface area contributed by atoms with E-state index in [2.05, 4.69) is 35.0 Å². The molecule has 1 atom stereocenters. The molecular weight excluding hydrogens is 328 g/mol. The molecule has 3 nitrogen and oxygen atoms in total. The Morgan fingerprint density at radius 3 is 2.80 bits per heavy atom. The molecule has 3 heterocycles. The zero-order chi connectivity index (χ0) is 17.0. The van der Waals surface area contributed by atoms with Crippen molar-refractivity contribution in [2.24, 2.45) is 0 Å². The molecule has 0 radical (unpaired) electrons. The van der Waals surface area contributed by atoms with Gasteiger partial charge in [0.05, 0.1) is 12.2 Å². The average molecular weight is 357 g/mol. The lowest BCUT2D eigenvalue weighted by Crippen LogP contribution is -2.36. The summed E-state index contributed by atoms with van der Waals surface area (Å²) in [7, 11) is 0. The number of thiophene rings is 1. The van der Waals surface area contributed by atoms with E-state index in [0.717, 1.165) is 32.5 Å². The van der Waals surface area contributed by atoms with Crippen LogP contribution in [0.4, 0.5) is 0 Å². The summed E-state index contributed by atoms with van der Waals surface area (Å²) in [6.07, 6.45) is 10.6. The molecule has 1 saturated heterocycles. The summed E-state index contributed by atoms with van der Waals surface area (Å²) in [5.41, 5.74) is 1.40. The highest BCUT2D eigenvalue weighted by molar-refractivity contribution is 7.09. The molecule has 4 heteroatoms. The number of pyridine rings is 1. The Hall–Kier alpha value is -1.23. The predicted molar refractivity (Wildman–Crippen MR) is 103 cm³/mol. The van der Waals surface area contributed by atoms with Gasteiger partial charge in [0.25, 0.3) is 0 Å². The largest absolute Gasteiger partial charge is 0.374 e. The molecule has 134 valence electrons. The molecule has 2 fully saturated rings. The molecule has 25 heavy (non-hydrogen) atoms. The third-order valence-corrected chi connectivity index (χ3v) is 6.82. The van der Waals surface area contributed by atoms with E-state index in [0.29, 0.717) is 0 Å². The normalized spacial score (nSPS) is 25.4. The lowest BCUT2D eigenvalue weighted by atomic mass is 9.71. The SMILES string of the molecule is c1ccc(C2(CCNCc3cccs3)COC3(CCCCC3)C2)nc1. The summed E-state index contributed by atoms with van der Waals surface area (Å²) in [6.45, 7) is 2.79. The van der Waals surface area contributed by atoms with E-state index in [1.165, 1.54) is 42.7 Å². The van der Waals surface area contributed by atoms with Crippen molar-refractivity contribution in [2.45, 2.75) is 62.5 Å². The first-order valence-corrected chi connectivity index (χ1v) is 10.5. The van der Waals surface area contributed by atoms with Gasteiger partial charge in [-0.2, -0.15) is 0 Å². The van der Waals surface area contributed by atoms with Crippen LogP contribution in [0.15, 0.2) is 41.9 Å². The Kier molecular flexibility index (Phi) is 5.20. The van der Waals surface area contributed by atoms with Crippen LogP contribution in [0, 0.1) is 0 Å². The Bertz CT molecular complexity index is 652. The van der Waals surface area contributed by atoms with Gasteiger partial charge in [-0.25, -0.2) is 0 Å². The van der Waals surface area contributed by atoms with Crippen LogP contribution in [-0.4, -0.2) is 23.7 Å². The molecule has 2 aromatic rings. The third-order valence-electron chi connectivity index (χ3n) is 5.95. The van der Waals surface area contributed by atoms with E-state index < -0.39 is 0 Å². The topological polar surface area (TPSA) is 34.1 Å². The zero-order valence-corrected chi connectivity index (χ0v) is 15.7. The highest BCUT2D eigenvalue weighted by Crippen LogP contribution is 2.49. The van der Waals surface area contributed by atoms with Crippen molar-refractivity contribution in [3.8, 4) is 0 Å². The van der Waals surface area contributed by atoms with E-state index in [1.807, 2.05) is 23.6 Å². The average Bonchev–Trinajstić information content (AvgIpc) is 3.30. The number of nitrogens with zero attached hydrogens (tertiary/aromatic N) is 1. The minimum Gasteiger partial charge on any atom is -0.374 e. The van der Waals surface area contributed by atoms with E-state index in [-0.39, 0.29) is 11.0 Å². The second-order valence-electron chi connectivity index (χ2n) is 7.71. The first-order chi connectivity index (χ1) is 12.3. The molecule has 1 aliphatic carbocycles. The Balaban J connectivity index is 1.45. The van der Waals surface area contributed by atoms with E-state index in [1.54, 1.807) is 0 Å². The number of aromatic nitrogens is 1. The molecule has 1 N–H and O–H groups in total. The fourth-order valence-corrected chi connectivity index (χ4v) is 5.28. The predicted octanol–water partition coefficient (Wildman–Crippen LogP) is 4.68. The summed E-state index contributed by atoms with van der Waals surface area (Å²) in [4.78, 5) is 6.14. The van der Waals surface area contributed by atoms with Gasteiger partial charge in [0.2, 0.25) is 0 Å². The van der Waals surface area contributed by atoms with Crippen molar-refractivity contribution in [1.82, 2.24) is 10.3 Å². The molecule has 1 aliphatic heterocycles. The van der Waals surface area contributed by atoms with Gasteiger partial charge in [-0.05, 0) is 55.8 Å². The maximum absolute atomic E-state index is 6.49. The first kappa shape index (κ1) is 17.2. The van der Waals surface area contributed by atoms with Gasteiger partial charge in [-0.3, -0.25) is 4.98 Å². The molecule has 0 aromatic carbocycles. The fraction of sp³-hybridized carbons (Fsp3) is 0.571. The van der Waals surface area contributed by atoms with Crippen molar-refractivity contribution in [3.63, 3.8) is 0 Å². The lowest BCUT2D eigenvalue weighted by molar-refractivity contribution is -0.0252. The van der Waals surface area contributed by atoms with Gasteiger partial charge >= 0.3 is 0 Å². The van der Waals surface area contributed by atoms with Crippen molar-refractivity contribution in [2.75, 3.05) is 13.2 Å². The summed E-state index contributed by atoms with van der Waals surface area (Å²) in [5, 5.41) is 5.77. The fourth-order valence-electron chi connectivity index (χ4n) is 4.61. The lowest BCUT2D eigenvalue weighted by Gasteiger charge is -2.34. The minimum atomic E-state index is 0.0705. The van der Waals surface area contributed by atoms with Crippen LogP contribution in [0.1, 0.15) is 55.5 Å². The summed E-state index contributed by atoms with van der Waals surface area (Å²) < 4.78 is 6.49. The van der Waals surface area contributed by atoms with Crippen LogP contribution >= 0.6 is 11.3 Å². The molecule has 0 bridgehead atoms. The van der Waals surface area contributed by atoms with E-state index >= 15 is 0 Å². The van der Waals surface area contributed by atoms with Crippen molar-refractivity contribution in [3.05, 3.63) is 52.5 Å². The molecule has 1 spiro atoms. The number of hydrogen-bond acceptors (Lipinski definition) is 4. The van der Waals surface area contributed by atoms with Crippen LogP contribution in [0.3, 0.4) is 0 Å². The standard InChI is InChI=1S/C21H28N2OS/c1-3-9-21(10-4-1)16-20(17-24-21,19-8-2-5-12-23-19)11-13-22-15-18-7-6-14-25-18/h2,5-8,12,14,22H,1,3-4,9-11,13,15-17H2. The number of hydrogen-bond donors (Lipinski definition) is 1. The van der Waals surface area contributed by atoms with Crippen LogP contribution in [0.5, 0.6) is 0 Å². The minimum absolute atomic E-state index is 0.0705. The highest BCUT2D eigenvalue weighted by atomic mass is 32.1. The van der Waals surface area contributed by atoms with Gasteiger partial charge in [0, 0.05) is 28.7 Å². The van der Waals surface area contributed by atoms with Crippen LogP contribution in [-0.2, 0) is 16.7 Å².